The first-order chi connectivity index (χ1) is 15.0. The molecule has 4 amide bonds. The number of aromatic hydroxyl groups is 1. The molecule has 4 N–H and O–H groups in total. The third kappa shape index (κ3) is 5.07. The summed E-state index contributed by atoms with van der Waals surface area (Å²) in [7, 11) is 0. The van der Waals surface area contributed by atoms with Crippen LogP contribution in [0.2, 0.25) is 0 Å². The Labute approximate surface area is 180 Å². The summed E-state index contributed by atoms with van der Waals surface area (Å²) in [5, 5.41) is 18.1. The summed E-state index contributed by atoms with van der Waals surface area (Å²) >= 11 is 0. The van der Waals surface area contributed by atoms with Crippen LogP contribution >= 0.6 is 0 Å². The number of pyridine rings is 1. The highest BCUT2D eigenvalue weighted by atomic mass is 16.5. The molecule has 0 radical (unpaired) electrons. The number of carbonyl (C=O) groups excluding carboxylic acids is 3. The molecule has 3 fully saturated rings. The highest BCUT2D eigenvalue weighted by Gasteiger charge is 2.43. The molecular formula is C21H29N5O5. The van der Waals surface area contributed by atoms with Gasteiger partial charge in [0.05, 0.1) is 11.8 Å². The Morgan fingerprint density at radius 1 is 1.23 bits per heavy atom. The summed E-state index contributed by atoms with van der Waals surface area (Å²) in [6, 6.07) is 1.23. The van der Waals surface area contributed by atoms with E-state index in [9.17, 15) is 19.5 Å². The van der Waals surface area contributed by atoms with Gasteiger partial charge in [0.2, 0.25) is 5.91 Å². The summed E-state index contributed by atoms with van der Waals surface area (Å²) in [6.45, 7) is 2.19. The highest BCUT2D eigenvalue weighted by molar-refractivity contribution is 5.94. The number of rotatable bonds is 5. The fourth-order valence-corrected chi connectivity index (χ4v) is 4.82. The van der Waals surface area contributed by atoms with Crippen molar-refractivity contribution in [1.29, 1.82) is 0 Å². The van der Waals surface area contributed by atoms with E-state index in [0.29, 0.717) is 25.6 Å². The van der Waals surface area contributed by atoms with Crippen molar-refractivity contribution < 1.29 is 24.2 Å². The molecule has 31 heavy (non-hydrogen) atoms. The molecule has 0 aliphatic carbocycles. The van der Waals surface area contributed by atoms with Crippen molar-refractivity contribution in [3.63, 3.8) is 0 Å². The number of nitrogens with one attached hydrogen (secondary N) is 3. The Kier molecular flexibility index (Phi) is 6.55. The lowest BCUT2D eigenvalue weighted by Gasteiger charge is -2.46. The largest absolute Gasteiger partial charge is 0.506 e. The van der Waals surface area contributed by atoms with Gasteiger partial charge in [-0.1, -0.05) is 0 Å². The van der Waals surface area contributed by atoms with Crippen LogP contribution in [0.3, 0.4) is 0 Å². The highest BCUT2D eigenvalue weighted by Crippen LogP contribution is 2.33. The molecule has 3 saturated heterocycles. The summed E-state index contributed by atoms with van der Waals surface area (Å²) in [5.41, 5.74) is 0.252. The molecule has 1 aromatic rings. The average molecular weight is 431 g/mol. The topological polar surface area (TPSA) is 133 Å². The number of hydrogen-bond donors (Lipinski definition) is 4. The van der Waals surface area contributed by atoms with E-state index >= 15 is 0 Å². The number of piperidine rings is 1. The summed E-state index contributed by atoms with van der Waals surface area (Å²) in [6.07, 6.45) is 6.31. The first-order valence-corrected chi connectivity index (χ1v) is 10.9. The van der Waals surface area contributed by atoms with Crippen LogP contribution < -0.4 is 16.0 Å². The predicted octanol–water partition coefficient (Wildman–Crippen LogP) is 0.580. The van der Waals surface area contributed by atoms with Crippen molar-refractivity contribution in [2.75, 3.05) is 26.2 Å². The van der Waals surface area contributed by atoms with Crippen molar-refractivity contribution in [3.05, 3.63) is 24.0 Å². The molecule has 0 aromatic carbocycles. The zero-order chi connectivity index (χ0) is 21.8. The second kappa shape index (κ2) is 9.51. The number of ether oxygens (including phenoxy) is 1. The number of nitrogens with zero attached hydrogens (tertiary/aromatic N) is 2. The lowest BCUT2D eigenvalue weighted by Crippen LogP contribution is -2.65. The van der Waals surface area contributed by atoms with Crippen molar-refractivity contribution in [2.45, 2.75) is 44.4 Å². The number of urea groups is 1. The monoisotopic (exact) mass is 431 g/mol. The van der Waals surface area contributed by atoms with Crippen molar-refractivity contribution in [1.82, 2.24) is 25.8 Å². The maximum absolute atomic E-state index is 12.6. The second-order valence-corrected chi connectivity index (χ2v) is 8.40. The third-order valence-corrected chi connectivity index (χ3v) is 6.41. The third-order valence-electron chi connectivity index (χ3n) is 6.41. The number of fused-ring (bicyclic) bond motifs is 1. The van der Waals surface area contributed by atoms with Crippen LogP contribution in [0.5, 0.6) is 5.75 Å². The molecule has 1 aromatic heterocycles. The van der Waals surface area contributed by atoms with Gasteiger partial charge in [0, 0.05) is 50.8 Å². The van der Waals surface area contributed by atoms with E-state index in [-0.39, 0.29) is 60.3 Å². The van der Waals surface area contributed by atoms with Crippen molar-refractivity contribution in [3.8, 4) is 5.75 Å². The first kappa shape index (κ1) is 21.4. The van der Waals surface area contributed by atoms with Crippen LogP contribution in [0.1, 0.15) is 42.5 Å². The van der Waals surface area contributed by atoms with Gasteiger partial charge in [-0.05, 0) is 37.7 Å². The van der Waals surface area contributed by atoms with Gasteiger partial charge in [0.1, 0.15) is 12.0 Å². The summed E-state index contributed by atoms with van der Waals surface area (Å²) in [4.78, 5) is 42.3. The summed E-state index contributed by atoms with van der Waals surface area (Å²) < 4.78 is 5.75. The Bertz CT molecular complexity index is 826. The number of likely N-dealkylation sites (tertiary alicyclic amines) is 1. The molecule has 0 unspecified atom stereocenters. The number of hydrogen-bond acceptors (Lipinski definition) is 6. The fraction of sp³-hybridized carbons (Fsp3) is 0.619. The average Bonchev–Trinajstić information content (AvgIpc) is 2.78. The Morgan fingerprint density at radius 2 is 2.03 bits per heavy atom. The molecule has 168 valence electrons. The minimum atomic E-state index is -0.374. The lowest BCUT2D eigenvalue weighted by molar-refractivity contribution is -0.133. The Morgan fingerprint density at radius 3 is 2.81 bits per heavy atom. The van der Waals surface area contributed by atoms with E-state index in [2.05, 4.69) is 20.9 Å². The normalized spacial score (nSPS) is 26.4. The van der Waals surface area contributed by atoms with Crippen LogP contribution in [-0.4, -0.2) is 71.3 Å². The van der Waals surface area contributed by atoms with Gasteiger partial charge in [-0.25, -0.2) is 4.79 Å². The van der Waals surface area contributed by atoms with E-state index in [0.717, 1.165) is 25.7 Å². The molecule has 0 spiro atoms. The fourth-order valence-electron chi connectivity index (χ4n) is 4.82. The van der Waals surface area contributed by atoms with Crippen LogP contribution in [-0.2, 0) is 9.53 Å². The van der Waals surface area contributed by atoms with Gasteiger partial charge < -0.3 is 30.7 Å². The Hall–Kier alpha value is -2.88. The minimum absolute atomic E-state index is 0.000932. The Balaban J connectivity index is 1.22. The molecule has 10 nitrogen and oxygen atoms in total. The molecule has 3 aliphatic rings. The maximum atomic E-state index is 12.6. The zero-order valence-corrected chi connectivity index (χ0v) is 17.4. The van der Waals surface area contributed by atoms with Crippen LogP contribution in [0.4, 0.5) is 4.79 Å². The first-order valence-electron chi connectivity index (χ1n) is 10.9. The molecule has 0 bridgehead atoms. The van der Waals surface area contributed by atoms with E-state index in [1.165, 1.54) is 18.5 Å². The van der Waals surface area contributed by atoms with Crippen molar-refractivity contribution in [2.24, 2.45) is 11.8 Å². The van der Waals surface area contributed by atoms with Crippen molar-refractivity contribution >= 4 is 17.8 Å². The smallest absolute Gasteiger partial charge is 0.317 e. The summed E-state index contributed by atoms with van der Waals surface area (Å²) in [5.74, 6) is 0.132. The number of carbonyl (C=O) groups is 3. The van der Waals surface area contributed by atoms with Gasteiger partial charge in [0.25, 0.3) is 5.91 Å². The lowest BCUT2D eigenvalue weighted by atomic mass is 9.77. The molecular weight excluding hydrogens is 402 g/mol. The second-order valence-electron chi connectivity index (χ2n) is 8.40. The van der Waals surface area contributed by atoms with Gasteiger partial charge in [-0.3, -0.25) is 14.6 Å². The molecule has 0 saturated carbocycles. The van der Waals surface area contributed by atoms with Gasteiger partial charge in [-0.15, -0.1) is 0 Å². The van der Waals surface area contributed by atoms with Crippen LogP contribution in [0, 0.1) is 11.8 Å². The van der Waals surface area contributed by atoms with E-state index in [1.807, 2.05) is 4.90 Å². The molecule has 4 rings (SSSR count). The van der Waals surface area contributed by atoms with E-state index < -0.39 is 0 Å². The van der Waals surface area contributed by atoms with Gasteiger partial charge in [-0.2, -0.15) is 0 Å². The molecule has 3 aliphatic heterocycles. The van der Waals surface area contributed by atoms with Crippen LogP contribution in [0.25, 0.3) is 0 Å². The predicted molar refractivity (Wildman–Crippen MR) is 110 cm³/mol. The molecule has 4 heterocycles. The molecule has 3 atom stereocenters. The quantitative estimate of drug-likeness (QED) is 0.539. The SMILES string of the molecule is O=C1N[C@H]2OCCC[C@H]2[C@H](C2CCN(C(=O)CCNC(=O)c3cncc(O)c3)CC2)N1. The molecule has 10 heteroatoms. The standard InChI is InChI=1S/C21H29N5O5/c27-15-10-14(11-22-12-15)19(29)23-6-3-17(28)26-7-4-13(5-8-26)18-16-2-1-9-31-20(16)25-21(30)24-18/h10-13,16,18,20,27H,1-9H2,(H,23,29)(H2,24,25,30)/t16-,18-,20-/m0/s1. The zero-order valence-electron chi connectivity index (χ0n) is 17.4. The van der Waals surface area contributed by atoms with E-state index in [1.54, 1.807) is 0 Å². The van der Waals surface area contributed by atoms with E-state index in [4.69, 9.17) is 4.74 Å². The maximum Gasteiger partial charge on any atom is 0.317 e. The minimum Gasteiger partial charge on any atom is -0.506 e. The van der Waals surface area contributed by atoms with Crippen LogP contribution in [0.15, 0.2) is 18.5 Å². The van der Waals surface area contributed by atoms with Gasteiger partial charge in [0.15, 0.2) is 0 Å². The number of amides is 4. The number of aromatic nitrogens is 1. The van der Waals surface area contributed by atoms with Gasteiger partial charge >= 0.3 is 6.03 Å².